The van der Waals surface area contributed by atoms with Crippen molar-refractivity contribution < 1.29 is 4.79 Å². The first-order chi connectivity index (χ1) is 9.51. The van der Waals surface area contributed by atoms with Gasteiger partial charge in [-0.2, -0.15) is 0 Å². The number of nitrogens with zero attached hydrogens (tertiary/aromatic N) is 1. The molecule has 0 unspecified atom stereocenters. The number of carbonyl (C=O) groups excluding carboxylic acids is 1. The van der Waals surface area contributed by atoms with Crippen LogP contribution in [0.5, 0.6) is 0 Å². The number of benzene rings is 1. The van der Waals surface area contributed by atoms with Gasteiger partial charge in [0.1, 0.15) is 5.69 Å². The number of amides is 1. The summed E-state index contributed by atoms with van der Waals surface area (Å²) in [6.45, 7) is 0. The van der Waals surface area contributed by atoms with E-state index in [2.05, 4.69) is 63.4 Å². The van der Waals surface area contributed by atoms with E-state index in [1.165, 1.54) is 0 Å². The van der Waals surface area contributed by atoms with Crippen molar-refractivity contribution in [3.63, 3.8) is 0 Å². The molecule has 1 aromatic carbocycles. The molecule has 0 radical (unpaired) electrons. The van der Waals surface area contributed by atoms with Crippen LogP contribution in [0.25, 0.3) is 0 Å². The first kappa shape index (κ1) is 15.5. The molecule has 1 aromatic heterocycles. The minimum Gasteiger partial charge on any atom is -0.387 e. The highest BCUT2D eigenvalue weighted by Crippen LogP contribution is 2.34. The zero-order valence-electron chi connectivity index (χ0n) is 10.4. The lowest BCUT2D eigenvalue weighted by molar-refractivity contribution is 0.102. The number of anilines is 2. The maximum absolute atomic E-state index is 12.2. The molecule has 1 amide bonds. The summed E-state index contributed by atoms with van der Waals surface area (Å²) in [5, 5.41) is 5.78. The van der Waals surface area contributed by atoms with Crippen molar-refractivity contribution in [3.8, 4) is 0 Å². The van der Waals surface area contributed by atoms with E-state index in [0.717, 1.165) is 19.1 Å². The van der Waals surface area contributed by atoms with Crippen LogP contribution < -0.4 is 10.6 Å². The Balaban J connectivity index is 2.23. The van der Waals surface area contributed by atoms with Crippen molar-refractivity contribution in [1.82, 2.24) is 4.98 Å². The summed E-state index contributed by atoms with van der Waals surface area (Å²) in [6, 6.07) is 7.19. The van der Waals surface area contributed by atoms with Gasteiger partial charge in [-0.05, 0) is 56.1 Å². The van der Waals surface area contributed by atoms with Gasteiger partial charge < -0.3 is 10.6 Å². The zero-order chi connectivity index (χ0) is 14.7. The van der Waals surface area contributed by atoms with E-state index < -0.39 is 0 Å². The molecule has 0 bridgehead atoms. The van der Waals surface area contributed by atoms with Gasteiger partial charge in [0.05, 0.1) is 17.6 Å². The molecule has 0 saturated carbocycles. The molecule has 2 aromatic rings. The van der Waals surface area contributed by atoms with Crippen molar-refractivity contribution in [2.45, 2.75) is 0 Å². The summed E-state index contributed by atoms with van der Waals surface area (Å²) < 4.78 is 2.46. The highest BCUT2D eigenvalue weighted by Gasteiger charge is 2.13. The van der Waals surface area contributed by atoms with E-state index in [-0.39, 0.29) is 5.91 Å². The Morgan fingerprint density at radius 1 is 1.15 bits per heavy atom. The molecule has 4 nitrogen and oxygen atoms in total. The number of hydrogen-bond acceptors (Lipinski definition) is 3. The Morgan fingerprint density at radius 2 is 1.80 bits per heavy atom. The zero-order valence-corrected chi connectivity index (χ0v) is 15.1. The topological polar surface area (TPSA) is 54.0 Å². The second kappa shape index (κ2) is 6.69. The van der Waals surface area contributed by atoms with Crippen LogP contribution in [0.15, 0.2) is 43.9 Å². The Labute approximate surface area is 141 Å². The quantitative estimate of drug-likeness (QED) is 0.696. The van der Waals surface area contributed by atoms with Crippen molar-refractivity contribution >= 4 is 65.1 Å². The lowest BCUT2D eigenvalue weighted by atomic mass is 10.3. The maximum Gasteiger partial charge on any atom is 0.274 e. The van der Waals surface area contributed by atoms with Gasteiger partial charge in [0.25, 0.3) is 5.91 Å². The van der Waals surface area contributed by atoms with Gasteiger partial charge in [0.2, 0.25) is 0 Å². The summed E-state index contributed by atoms with van der Waals surface area (Å²) in [5.41, 5.74) is 1.87. The number of pyridine rings is 1. The van der Waals surface area contributed by atoms with E-state index in [0.29, 0.717) is 11.4 Å². The van der Waals surface area contributed by atoms with Crippen LogP contribution in [0.3, 0.4) is 0 Å². The highest BCUT2D eigenvalue weighted by atomic mass is 79.9. The number of carbonyl (C=O) groups is 1. The summed E-state index contributed by atoms with van der Waals surface area (Å²) >= 11 is 10.2. The van der Waals surface area contributed by atoms with E-state index >= 15 is 0 Å². The number of aromatic nitrogens is 1. The van der Waals surface area contributed by atoms with Gasteiger partial charge in [-0.15, -0.1) is 0 Å². The van der Waals surface area contributed by atoms with Crippen LogP contribution in [0.4, 0.5) is 11.4 Å². The Morgan fingerprint density at radius 3 is 2.30 bits per heavy atom. The second-order valence-corrected chi connectivity index (χ2v) is 6.51. The third-order valence-electron chi connectivity index (χ3n) is 2.53. The van der Waals surface area contributed by atoms with Crippen molar-refractivity contribution in [1.29, 1.82) is 0 Å². The monoisotopic (exact) mass is 461 g/mol. The van der Waals surface area contributed by atoms with Gasteiger partial charge >= 0.3 is 0 Å². The molecule has 0 aliphatic rings. The third-order valence-corrected chi connectivity index (χ3v) is 4.24. The van der Waals surface area contributed by atoms with Crippen molar-refractivity contribution in [3.05, 3.63) is 49.6 Å². The molecule has 20 heavy (non-hydrogen) atoms. The van der Waals surface area contributed by atoms with Crippen molar-refractivity contribution in [2.75, 3.05) is 17.7 Å². The van der Waals surface area contributed by atoms with Gasteiger partial charge in [0.15, 0.2) is 0 Å². The molecule has 104 valence electrons. The van der Waals surface area contributed by atoms with E-state index in [1.54, 1.807) is 25.4 Å². The Kier molecular flexibility index (Phi) is 5.17. The van der Waals surface area contributed by atoms with Crippen LogP contribution in [-0.2, 0) is 0 Å². The maximum atomic E-state index is 12.2. The average molecular weight is 464 g/mol. The number of rotatable bonds is 3. The van der Waals surface area contributed by atoms with E-state index in [9.17, 15) is 4.79 Å². The SMILES string of the molecule is CNc1ccc(C(=O)Nc2c(Br)cc(Br)cc2Br)nc1. The highest BCUT2D eigenvalue weighted by molar-refractivity contribution is 9.11. The van der Waals surface area contributed by atoms with Crippen LogP contribution in [0.2, 0.25) is 0 Å². The largest absolute Gasteiger partial charge is 0.387 e. The minimum atomic E-state index is -0.267. The lowest BCUT2D eigenvalue weighted by Gasteiger charge is -2.10. The van der Waals surface area contributed by atoms with Crippen molar-refractivity contribution in [2.24, 2.45) is 0 Å². The summed E-state index contributed by atoms with van der Waals surface area (Å²) in [6.07, 6.45) is 1.61. The van der Waals surface area contributed by atoms with Gasteiger partial charge in [-0.25, -0.2) is 4.98 Å². The van der Waals surface area contributed by atoms with Gasteiger partial charge in [-0.1, -0.05) is 15.9 Å². The molecule has 1 heterocycles. The molecule has 0 atom stereocenters. The van der Waals surface area contributed by atoms with Gasteiger partial charge in [0, 0.05) is 20.5 Å². The number of hydrogen-bond donors (Lipinski definition) is 2. The molecule has 7 heteroatoms. The molecule has 0 spiro atoms. The first-order valence-electron chi connectivity index (χ1n) is 5.61. The fourth-order valence-electron chi connectivity index (χ4n) is 1.52. The second-order valence-electron chi connectivity index (χ2n) is 3.88. The van der Waals surface area contributed by atoms with E-state index in [1.807, 2.05) is 12.1 Å². The molecular formula is C13H10Br3N3O. The standard InChI is InChI=1S/C13H10Br3N3O/c1-17-8-2-3-11(18-6-8)13(20)19-12-9(15)4-7(14)5-10(12)16/h2-6,17H,1H3,(H,19,20). The molecule has 0 aliphatic carbocycles. The van der Waals surface area contributed by atoms with E-state index in [4.69, 9.17) is 0 Å². The molecule has 2 rings (SSSR count). The molecule has 0 fully saturated rings. The summed E-state index contributed by atoms with van der Waals surface area (Å²) in [4.78, 5) is 16.3. The third kappa shape index (κ3) is 3.59. The molecule has 0 aliphatic heterocycles. The minimum absolute atomic E-state index is 0.267. The molecule has 2 N–H and O–H groups in total. The van der Waals surface area contributed by atoms with Gasteiger partial charge in [-0.3, -0.25) is 4.79 Å². The fourth-order valence-corrected chi connectivity index (χ4v) is 3.97. The first-order valence-corrected chi connectivity index (χ1v) is 7.99. The van der Waals surface area contributed by atoms with Crippen LogP contribution in [0, 0.1) is 0 Å². The smallest absolute Gasteiger partial charge is 0.274 e. The van der Waals surface area contributed by atoms with Crippen LogP contribution in [-0.4, -0.2) is 17.9 Å². The Hall–Kier alpha value is -0.920. The van der Waals surface area contributed by atoms with Crippen LogP contribution >= 0.6 is 47.8 Å². The predicted molar refractivity (Wildman–Crippen MR) is 91.3 cm³/mol. The van der Waals surface area contributed by atoms with Crippen LogP contribution in [0.1, 0.15) is 10.5 Å². The number of halogens is 3. The molecular weight excluding hydrogens is 454 g/mol. The lowest BCUT2D eigenvalue weighted by Crippen LogP contribution is -2.14. The summed E-state index contributed by atoms with van der Waals surface area (Å²) in [7, 11) is 1.80. The fraction of sp³-hybridized carbons (Fsp3) is 0.0769. The average Bonchev–Trinajstić information content (AvgIpc) is 2.42. The summed E-state index contributed by atoms with van der Waals surface area (Å²) in [5.74, 6) is -0.267. The molecule has 0 saturated heterocycles. The predicted octanol–water partition coefficient (Wildman–Crippen LogP) is 4.66. The number of nitrogens with one attached hydrogen (secondary N) is 2. The Bertz CT molecular complexity index is 621. The normalized spacial score (nSPS) is 10.2.